The predicted molar refractivity (Wildman–Crippen MR) is 126 cm³/mol. The third-order valence-corrected chi connectivity index (χ3v) is 5.28. The monoisotopic (exact) mass is 428 g/mol. The molecule has 1 aliphatic heterocycles. The highest BCUT2D eigenvalue weighted by Gasteiger charge is 2.13. The van der Waals surface area contributed by atoms with Gasteiger partial charge >= 0.3 is 0 Å². The molecule has 9 nitrogen and oxygen atoms in total. The zero-order chi connectivity index (χ0) is 21.8. The molecule has 5 rings (SSSR count). The third-order valence-electron chi connectivity index (χ3n) is 5.28. The molecule has 4 heterocycles. The van der Waals surface area contributed by atoms with Gasteiger partial charge in [0, 0.05) is 49.2 Å². The van der Waals surface area contributed by atoms with E-state index in [1.807, 2.05) is 36.4 Å². The van der Waals surface area contributed by atoms with Gasteiger partial charge in [-0.05, 0) is 29.8 Å². The fraction of sp³-hybridized carbons (Fsp3) is 0.217. The summed E-state index contributed by atoms with van der Waals surface area (Å²) in [6.07, 6.45) is 5.20. The fourth-order valence-electron chi connectivity index (χ4n) is 3.62. The van der Waals surface area contributed by atoms with Crippen LogP contribution in [0.25, 0.3) is 10.9 Å². The Morgan fingerprint density at radius 3 is 2.81 bits per heavy atom. The molecule has 0 bridgehead atoms. The number of nitrogen functional groups attached to an aromatic ring is 1. The summed E-state index contributed by atoms with van der Waals surface area (Å²) in [5, 5.41) is 7.68. The number of pyridine rings is 2. The molecule has 0 saturated carbocycles. The van der Waals surface area contributed by atoms with Gasteiger partial charge in [-0.2, -0.15) is 0 Å². The normalized spacial score (nSPS) is 13.8. The molecule has 0 atom stereocenters. The topological polar surface area (TPSA) is 114 Å². The first-order valence-corrected chi connectivity index (χ1v) is 10.5. The first-order valence-electron chi connectivity index (χ1n) is 10.5. The smallest absolute Gasteiger partial charge is 0.171 e. The first kappa shape index (κ1) is 20.0. The molecular formula is C23H24N8O. The van der Waals surface area contributed by atoms with Crippen molar-refractivity contribution in [2.24, 2.45) is 0 Å². The van der Waals surface area contributed by atoms with Crippen molar-refractivity contribution in [3.63, 3.8) is 0 Å². The lowest BCUT2D eigenvalue weighted by Gasteiger charge is -2.28. The van der Waals surface area contributed by atoms with Gasteiger partial charge in [-0.1, -0.05) is 12.1 Å². The highest BCUT2D eigenvalue weighted by molar-refractivity contribution is 5.79. The molecule has 9 heteroatoms. The Balaban J connectivity index is 1.29. The van der Waals surface area contributed by atoms with E-state index in [4.69, 9.17) is 10.5 Å². The van der Waals surface area contributed by atoms with Crippen molar-refractivity contribution in [1.29, 1.82) is 0 Å². The van der Waals surface area contributed by atoms with Crippen LogP contribution in [0.4, 0.5) is 29.0 Å². The van der Waals surface area contributed by atoms with Crippen LogP contribution in [0.1, 0.15) is 5.56 Å². The number of benzene rings is 1. The van der Waals surface area contributed by atoms with E-state index in [-0.39, 0.29) is 0 Å². The van der Waals surface area contributed by atoms with Crippen molar-refractivity contribution in [3.8, 4) is 0 Å². The standard InChI is InChI=1S/C23H24N8O/c24-22-23(28-14-16-3-4-19-17(12-16)2-1-6-25-19)30-20(15-27-22)29-18-5-7-26-21(13-18)31-8-10-32-11-9-31/h1-7,12-13,15H,8-11,14H2,(H2,24,27)(H2,26,28,29,30). The van der Waals surface area contributed by atoms with Gasteiger partial charge < -0.3 is 26.0 Å². The summed E-state index contributed by atoms with van der Waals surface area (Å²) in [6.45, 7) is 3.66. The molecule has 4 aromatic rings. The summed E-state index contributed by atoms with van der Waals surface area (Å²) in [4.78, 5) is 19.9. The minimum atomic E-state index is 0.349. The van der Waals surface area contributed by atoms with Crippen LogP contribution in [0.5, 0.6) is 0 Å². The summed E-state index contributed by atoms with van der Waals surface area (Å²) >= 11 is 0. The van der Waals surface area contributed by atoms with Gasteiger partial charge in [-0.15, -0.1) is 0 Å². The lowest BCUT2D eigenvalue weighted by molar-refractivity contribution is 0.122. The lowest BCUT2D eigenvalue weighted by atomic mass is 10.1. The Bertz CT molecular complexity index is 1230. The molecule has 0 radical (unpaired) electrons. The Hall–Kier alpha value is -3.98. The highest BCUT2D eigenvalue weighted by Crippen LogP contribution is 2.23. The Labute approximate surface area is 185 Å². The van der Waals surface area contributed by atoms with E-state index >= 15 is 0 Å². The quantitative estimate of drug-likeness (QED) is 0.426. The summed E-state index contributed by atoms with van der Waals surface area (Å²) in [5.74, 6) is 2.39. The largest absolute Gasteiger partial charge is 0.381 e. The van der Waals surface area contributed by atoms with Crippen LogP contribution in [0.3, 0.4) is 0 Å². The maximum Gasteiger partial charge on any atom is 0.171 e. The van der Waals surface area contributed by atoms with Crippen molar-refractivity contribution in [1.82, 2.24) is 19.9 Å². The molecule has 1 aliphatic rings. The van der Waals surface area contributed by atoms with E-state index < -0.39 is 0 Å². The minimum absolute atomic E-state index is 0.349. The number of ether oxygens (including phenoxy) is 1. The molecule has 4 N–H and O–H groups in total. The lowest BCUT2D eigenvalue weighted by Crippen LogP contribution is -2.36. The first-order chi connectivity index (χ1) is 15.7. The average Bonchev–Trinajstić information content (AvgIpc) is 2.85. The van der Waals surface area contributed by atoms with Crippen LogP contribution in [0, 0.1) is 0 Å². The zero-order valence-electron chi connectivity index (χ0n) is 17.5. The van der Waals surface area contributed by atoms with Crippen LogP contribution in [-0.2, 0) is 11.3 Å². The number of hydrogen-bond acceptors (Lipinski definition) is 9. The molecule has 1 fully saturated rings. The van der Waals surface area contributed by atoms with Crippen LogP contribution >= 0.6 is 0 Å². The number of anilines is 5. The van der Waals surface area contributed by atoms with Crippen LogP contribution in [-0.4, -0.2) is 46.2 Å². The van der Waals surface area contributed by atoms with Gasteiger partial charge in [0.05, 0.1) is 24.9 Å². The van der Waals surface area contributed by atoms with E-state index in [1.165, 1.54) is 0 Å². The Kier molecular flexibility index (Phi) is 5.63. The van der Waals surface area contributed by atoms with E-state index in [9.17, 15) is 0 Å². The number of morpholine rings is 1. The van der Waals surface area contributed by atoms with Crippen molar-refractivity contribution in [2.45, 2.75) is 6.54 Å². The number of fused-ring (bicyclic) bond motifs is 1. The summed E-state index contributed by atoms with van der Waals surface area (Å²) < 4.78 is 5.42. The minimum Gasteiger partial charge on any atom is -0.381 e. The van der Waals surface area contributed by atoms with Gasteiger partial charge in [-0.3, -0.25) is 4.98 Å². The Morgan fingerprint density at radius 1 is 1.00 bits per heavy atom. The molecule has 1 saturated heterocycles. The SMILES string of the molecule is Nc1ncc(Nc2ccnc(N3CCOCC3)c2)nc1NCc1ccc2ncccc2c1. The number of nitrogens with zero attached hydrogens (tertiary/aromatic N) is 5. The number of rotatable bonds is 6. The van der Waals surface area contributed by atoms with Crippen molar-refractivity contribution in [3.05, 3.63) is 66.6 Å². The second kappa shape index (κ2) is 9.03. The van der Waals surface area contributed by atoms with E-state index in [1.54, 1.807) is 18.6 Å². The predicted octanol–water partition coefficient (Wildman–Crippen LogP) is 3.19. The fourth-order valence-corrected chi connectivity index (χ4v) is 3.62. The van der Waals surface area contributed by atoms with Gasteiger partial charge in [0.15, 0.2) is 17.5 Å². The molecule has 0 aliphatic carbocycles. The van der Waals surface area contributed by atoms with Crippen molar-refractivity contribution in [2.75, 3.05) is 47.6 Å². The number of nitrogens with one attached hydrogen (secondary N) is 2. The molecule has 1 aromatic carbocycles. The number of nitrogens with two attached hydrogens (primary N) is 1. The van der Waals surface area contributed by atoms with Gasteiger partial charge in [-0.25, -0.2) is 15.0 Å². The van der Waals surface area contributed by atoms with Gasteiger partial charge in [0.25, 0.3) is 0 Å². The molecule has 0 amide bonds. The third kappa shape index (κ3) is 4.52. The number of aromatic nitrogens is 4. The summed E-state index contributed by atoms with van der Waals surface area (Å²) in [7, 11) is 0. The molecule has 0 unspecified atom stereocenters. The molecule has 0 spiro atoms. The van der Waals surface area contributed by atoms with Crippen LogP contribution < -0.4 is 21.3 Å². The second-order valence-corrected chi connectivity index (χ2v) is 7.50. The van der Waals surface area contributed by atoms with E-state index in [0.29, 0.717) is 37.2 Å². The summed E-state index contributed by atoms with van der Waals surface area (Å²) in [6, 6.07) is 14.0. The van der Waals surface area contributed by atoms with E-state index in [0.717, 1.165) is 41.1 Å². The zero-order valence-corrected chi connectivity index (χ0v) is 17.5. The molecule has 32 heavy (non-hydrogen) atoms. The molecule has 162 valence electrons. The van der Waals surface area contributed by atoms with Crippen LogP contribution in [0.2, 0.25) is 0 Å². The molecule has 3 aromatic heterocycles. The van der Waals surface area contributed by atoms with Crippen LogP contribution in [0.15, 0.2) is 61.1 Å². The number of hydrogen-bond donors (Lipinski definition) is 3. The maximum absolute atomic E-state index is 6.06. The maximum atomic E-state index is 6.06. The summed E-state index contributed by atoms with van der Waals surface area (Å²) in [5.41, 5.74) is 9.01. The molecular weight excluding hydrogens is 404 g/mol. The Morgan fingerprint density at radius 2 is 1.91 bits per heavy atom. The van der Waals surface area contributed by atoms with Crippen molar-refractivity contribution >= 4 is 39.9 Å². The van der Waals surface area contributed by atoms with Crippen molar-refractivity contribution < 1.29 is 4.74 Å². The highest BCUT2D eigenvalue weighted by atomic mass is 16.5. The second-order valence-electron chi connectivity index (χ2n) is 7.50. The van der Waals surface area contributed by atoms with Gasteiger partial charge in [0.1, 0.15) is 5.82 Å². The van der Waals surface area contributed by atoms with E-state index in [2.05, 4.69) is 41.5 Å². The average molecular weight is 429 g/mol. The van der Waals surface area contributed by atoms with Gasteiger partial charge in [0.2, 0.25) is 0 Å².